The highest BCUT2D eigenvalue weighted by Gasteiger charge is 2.54. The number of rotatable bonds is 4. The molecule has 1 saturated heterocycles. The summed E-state index contributed by atoms with van der Waals surface area (Å²) in [6.07, 6.45) is -1.27. The molecule has 1 aliphatic heterocycles. The summed E-state index contributed by atoms with van der Waals surface area (Å²) in [6.45, 7) is 0. The van der Waals surface area contributed by atoms with Crippen LogP contribution in [0.15, 0.2) is 30.3 Å². The van der Waals surface area contributed by atoms with Crippen molar-refractivity contribution in [1.29, 1.82) is 0 Å². The fraction of sp³-hybridized carbons (Fsp3) is 0.462. The number of hydrogen-bond donors (Lipinski definition) is 1. The van der Waals surface area contributed by atoms with Gasteiger partial charge in [-0.25, -0.2) is 17.2 Å². The van der Waals surface area contributed by atoms with Gasteiger partial charge in [-0.2, -0.15) is 0 Å². The van der Waals surface area contributed by atoms with E-state index in [-0.39, 0.29) is 17.7 Å². The largest absolute Gasteiger partial charge is 0.481 e. The topological polar surface area (TPSA) is 71.4 Å². The molecule has 0 saturated carbocycles. The van der Waals surface area contributed by atoms with Gasteiger partial charge in [0.05, 0.1) is 16.9 Å². The first-order chi connectivity index (χ1) is 9.17. The third-order valence-electron chi connectivity index (χ3n) is 3.60. The molecular formula is C13H14F2O4S. The zero-order valence-electron chi connectivity index (χ0n) is 10.6. The van der Waals surface area contributed by atoms with Crippen molar-refractivity contribution in [2.75, 3.05) is 11.5 Å². The van der Waals surface area contributed by atoms with Crippen molar-refractivity contribution in [3.8, 4) is 0 Å². The van der Waals surface area contributed by atoms with Gasteiger partial charge in [-0.1, -0.05) is 30.3 Å². The van der Waals surface area contributed by atoms with Crippen molar-refractivity contribution in [3.63, 3.8) is 0 Å². The second kappa shape index (κ2) is 4.80. The maximum Gasteiger partial charge on any atom is 0.310 e. The van der Waals surface area contributed by atoms with E-state index in [1.165, 1.54) is 24.3 Å². The molecule has 0 radical (unpaired) electrons. The highest BCUT2D eigenvalue weighted by atomic mass is 32.2. The van der Waals surface area contributed by atoms with E-state index in [4.69, 9.17) is 0 Å². The highest BCUT2D eigenvalue weighted by molar-refractivity contribution is 7.91. The van der Waals surface area contributed by atoms with Crippen LogP contribution in [-0.2, 0) is 20.6 Å². The Morgan fingerprint density at radius 2 is 1.90 bits per heavy atom. The van der Waals surface area contributed by atoms with Gasteiger partial charge in [-0.15, -0.1) is 0 Å². The fourth-order valence-electron chi connectivity index (χ4n) is 2.51. The van der Waals surface area contributed by atoms with Gasteiger partial charge >= 0.3 is 5.97 Å². The third-order valence-corrected chi connectivity index (χ3v) is 5.42. The number of carboxylic acid groups (broad SMARTS) is 1. The smallest absolute Gasteiger partial charge is 0.310 e. The van der Waals surface area contributed by atoms with Crippen LogP contribution in [0, 0.1) is 5.41 Å². The van der Waals surface area contributed by atoms with Crippen LogP contribution < -0.4 is 0 Å². The van der Waals surface area contributed by atoms with E-state index in [1.54, 1.807) is 6.07 Å². The van der Waals surface area contributed by atoms with Crippen molar-refractivity contribution in [2.45, 2.75) is 18.8 Å². The number of halogens is 2. The molecule has 0 amide bonds. The molecule has 0 aliphatic carbocycles. The number of carboxylic acids is 1. The van der Waals surface area contributed by atoms with Crippen molar-refractivity contribution in [2.24, 2.45) is 5.41 Å². The lowest BCUT2D eigenvalue weighted by atomic mass is 9.80. The molecule has 1 aromatic carbocycles. The average molecular weight is 304 g/mol. The minimum absolute atomic E-state index is 0.271. The Morgan fingerprint density at radius 1 is 1.30 bits per heavy atom. The Hall–Kier alpha value is -1.50. The summed E-state index contributed by atoms with van der Waals surface area (Å²) >= 11 is 0. The van der Waals surface area contributed by atoms with Gasteiger partial charge in [-0.3, -0.25) is 4.79 Å². The standard InChI is InChI=1S/C13H14F2O4S/c14-13(15,10-4-2-1-3-5-10)8-12(11(16)17)6-7-20(18,19)9-12/h1-5H,6-9H2,(H,16,17). The van der Waals surface area contributed by atoms with E-state index in [1.807, 2.05) is 0 Å². The molecule has 20 heavy (non-hydrogen) atoms. The Labute approximate surface area is 115 Å². The lowest BCUT2D eigenvalue weighted by molar-refractivity contribution is -0.154. The molecule has 2 rings (SSSR count). The number of benzene rings is 1. The van der Waals surface area contributed by atoms with Crippen LogP contribution in [0.3, 0.4) is 0 Å². The zero-order chi connectivity index (χ0) is 15.0. The molecule has 4 nitrogen and oxygen atoms in total. The molecule has 1 aliphatic rings. The van der Waals surface area contributed by atoms with Crippen molar-refractivity contribution in [3.05, 3.63) is 35.9 Å². The summed E-state index contributed by atoms with van der Waals surface area (Å²) < 4.78 is 51.3. The van der Waals surface area contributed by atoms with Crippen LogP contribution in [0.5, 0.6) is 0 Å². The van der Waals surface area contributed by atoms with Gasteiger partial charge in [0.2, 0.25) is 0 Å². The first kappa shape index (κ1) is 14.9. The summed E-state index contributed by atoms with van der Waals surface area (Å²) in [6, 6.07) is 6.86. The van der Waals surface area contributed by atoms with Crippen LogP contribution in [0.25, 0.3) is 0 Å². The number of carbonyl (C=O) groups is 1. The number of hydrogen-bond acceptors (Lipinski definition) is 3. The Bertz CT molecular complexity index is 613. The lowest BCUT2D eigenvalue weighted by Gasteiger charge is -2.28. The Kier molecular flexibility index (Phi) is 3.58. The normalized spacial score (nSPS) is 25.5. The summed E-state index contributed by atoms with van der Waals surface area (Å²) in [5, 5.41) is 9.21. The van der Waals surface area contributed by atoms with Crippen LogP contribution in [0.2, 0.25) is 0 Å². The number of sulfone groups is 1. The fourth-order valence-corrected chi connectivity index (χ4v) is 4.57. The van der Waals surface area contributed by atoms with E-state index >= 15 is 0 Å². The number of alkyl halides is 2. The SMILES string of the molecule is O=C(O)C1(CC(F)(F)c2ccccc2)CCS(=O)(=O)C1. The van der Waals surface area contributed by atoms with Gasteiger partial charge < -0.3 is 5.11 Å². The zero-order valence-corrected chi connectivity index (χ0v) is 11.4. The van der Waals surface area contributed by atoms with E-state index < -0.39 is 39.3 Å². The number of aliphatic carboxylic acids is 1. The van der Waals surface area contributed by atoms with Crippen LogP contribution in [0.1, 0.15) is 18.4 Å². The van der Waals surface area contributed by atoms with Gasteiger partial charge in [0, 0.05) is 12.0 Å². The lowest BCUT2D eigenvalue weighted by Crippen LogP contribution is -2.37. The molecule has 0 bridgehead atoms. The third kappa shape index (κ3) is 2.82. The van der Waals surface area contributed by atoms with E-state index in [2.05, 4.69) is 0 Å². The summed E-state index contributed by atoms with van der Waals surface area (Å²) in [5.74, 6) is -5.93. The van der Waals surface area contributed by atoms with Crippen molar-refractivity contribution < 1.29 is 27.1 Å². The summed E-state index contributed by atoms with van der Waals surface area (Å²) in [4.78, 5) is 11.3. The molecule has 110 valence electrons. The van der Waals surface area contributed by atoms with Crippen LogP contribution in [0.4, 0.5) is 8.78 Å². The molecule has 1 fully saturated rings. The van der Waals surface area contributed by atoms with Gasteiger partial charge in [0.15, 0.2) is 9.84 Å². The van der Waals surface area contributed by atoms with Crippen LogP contribution >= 0.6 is 0 Å². The molecule has 0 spiro atoms. The summed E-state index contributed by atoms with van der Waals surface area (Å²) in [5.41, 5.74) is -2.21. The monoisotopic (exact) mass is 304 g/mol. The van der Waals surface area contributed by atoms with E-state index in [9.17, 15) is 27.1 Å². The second-order valence-corrected chi connectivity index (χ2v) is 7.36. The van der Waals surface area contributed by atoms with Gasteiger partial charge in [-0.05, 0) is 6.42 Å². The molecular weight excluding hydrogens is 290 g/mol. The Balaban J connectivity index is 2.33. The van der Waals surface area contributed by atoms with Crippen molar-refractivity contribution in [1.82, 2.24) is 0 Å². The first-order valence-corrected chi connectivity index (χ1v) is 7.86. The predicted molar refractivity (Wildman–Crippen MR) is 68.3 cm³/mol. The van der Waals surface area contributed by atoms with Gasteiger partial charge in [0.1, 0.15) is 0 Å². The van der Waals surface area contributed by atoms with Gasteiger partial charge in [0.25, 0.3) is 5.92 Å². The molecule has 1 heterocycles. The average Bonchev–Trinajstić information content (AvgIpc) is 2.66. The minimum atomic E-state index is -3.57. The summed E-state index contributed by atoms with van der Waals surface area (Å²) in [7, 11) is -3.57. The quantitative estimate of drug-likeness (QED) is 0.924. The maximum absolute atomic E-state index is 14.2. The molecule has 1 N–H and O–H groups in total. The predicted octanol–water partition coefficient (Wildman–Crippen LogP) is 2.06. The second-order valence-electron chi connectivity index (χ2n) is 5.17. The van der Waals surface area contributed by atoms with E-state index in [0.29, 0.717) is 0 Å². The molecule has 1 atom stereocenters. The molecule has 1 unspecified atom stereocenters. The molecule has 1 aromatic rings. The van der Waals surface area contributed by atoms with Crippen LogP contribution in [-0.4, -0.2) is 31.0 Å². The van der Waals surface area contributed by atoms with Crippen molar-refractivity contribution >= 4 is 15.8 Å². The maximum atomic E-state index is 14.2. The molecule has 0 aromatic heterocycles. The van der Waals surface area contributed by atoms with E-state index in [0.717, 1.165) is 0 Å². The first-order valence-electron chi connectivity index (χ1n) is 6.04. The molecule has 7 heteroatoms. The minimum Gasteiger partial charge on any atom is -0.481 e. The Morgan fingerprint density at radius 3 is 2.35 bits per heavy atom. The highest BCUT2D eigenvalue weighted by Crippen LogP contribution is 2.45.